The van der Waals surface area contributed by atoms with Crippen LogP contribution in [-0.4, -0.2) is 35.7 Å². The van der Waals surface area contributed by atoms with Crippen LogP contribution in [0.1, 0.15) is 36.4 Å². The fourth-order valence-electron chi connectivity index (χ4n) is 1.86. The van der Waals surface area contributed by atoms with Crippen molar-refractivity contribution in [3.63, 3.8) is 0 Å². The van der Waals surface area contributed by atoms with E-state index in [1.54, 1.807) is 12.3 Å². The van der Waals surface area contributed by atoms with Crippen LogP contribution in [0.15, 0.2) is 17.5 Å². The van der Waals surface area contributed by atoms with Gasteiger partial charge in [-0.3, -0.25) is 0 Å². The van der Waals surface area contributed by atoms with E-state index in [2.05, 4.69) is 16.3 Å². The Labute approximate surface area is 126 Å². The van der Waals surface area contributed by atoms with Crippen molar-refractivity contribution in [3.05, 3.63) is 28.2 Å². The number of thiazole rings is 1. The summed E-state index contributed by atoms with van der Waals surface area (Å²) in [4.78, 5) is 28.1. The summed E-state index contributed by atoms with van der Waals surface area (Å²) in [6, 6.07) is 0. The predicted octanol–water partition coefficient (Wildman–Crippen LogP) is 1.50. The van der Waals surface area contributed by atoms with Crippen LogP contribution < -0.4 is 0 Å². The van der Waals surface area contributed by atoms with E-state index in [-0.39, 0.29) is 11.6 Å². The summed E-state index contributed by atoms with van der Waals surface area (Å²) in [7, 11) is 1.15. The van der Waals surface area contributed by atoms with Gasteiger partial charge in [0.2, 0.25) is 5.60 Å². The number of esters is 2. The van der Waals surface area contributed by atoms with Crippen LogP contribution in [0.4, 0.5) is 0 Å². The molecule has 0 aliphatic heterocycles. The molecule has 0 aromatic carbocycles. The lowest BCUT2D eigenvalue weighted by Crippen LogP contribution is -2.42. The minimum atomic E-state index is -2.30. The molecule has 1 unspecified atom stereocenters. The van der Waals surface area contributed by atoms with Gasteiger partial charge in [-0.05, 0) is 19.8 Å². The highest BCUT2D eigenvalue weighted by molar-refractivity contribution is 7.10. The van der Waals surface area contributed by atoms with Gasteiger partial charge in [-0.2, -0.15) is 0 Å². The SMILES string of the molecule is C=C(C(=O)OC)C(O)(C(=O)OCC)c1nc(C2CC2)cs1. The summed E-state index contributed by atoms with van der Waals surface area (Å²) in [6.07, 6.45) is 2.08. The van der Waals surface area contributed by atoms with Crippen molar-refractivity contribution in [1.29, 1.82) is 0 Å². The number of carbonyl (C=O) groups is 2. The van der Waals surface area contributed by atoms with E-state index >= 15 is 0 Å². The third-order valence-electron chi connectivity index (χ3n) is 3.27. The van der Waals surface area contributed by atoms with E-state index in [1.165, 1.54) is 0 Å². The minimum Gasteiger partial charge on any atom is -0.466 e. The van der Waals surface area contributed by atoms with Crippen molar-refractivity contribution in [2.45, 2.75) is 31.3 Å². The fourth-order valence-corrected chi connectivity index (χ4v) is 2.88. The molecule has 1 aromatic heterocycles. The van der Waals surface area contributed by atoms with Gasteiger partial charge in [0.05, 0.1) is 25.0 Å². The van der Waals surface area contributed by atoms with Gasteiger partial charge in [0.15, 0.2) is 0 Å². The van der Waals surface area contributed by atoms with Crippen LogP contribution in [0.5, 0.6) is 0 Å². The van der Waals surface area contributed by atoms with Crippen molar-refractivity contribution < 1.29 is 24.2 Å². The molecule has 1 heterocycles. The molecular weight excluding hydrogens is 294 g/mol. The first-order valence-corrected chi connectivity index (χ1v) is 7.46. The summed E-state index contributed by atoms with van der Waals surface area (Å²) in [5.41, 5.74) is -1.89. The van der Waals surface area contributed by atoms with Crippen LogP contribution in [0.25, 0.3) is 0 Å². The van der Waals surface area contributed by atoms with Crippen LogP contribution in [0.2, 0.25) is 0 Å². The number of carbonyl (C=O) groups excluding carboxylic acids is 2. The number of methoxy groups -OCH3 is 1. The van der Waals surface area contributed by atoms with E-state index < -0.39 is 23.1 Å². The lowest BCUT2D eigenvalue weighted by Gasteiger charge is -2.24. The molecule has 0 saturated heterocycles. The number of aliphatic hydroxyl groups is 1. The average molecular weight is 311 g/mol. The number of hydrogen-bond donors (Lipinski definition) is 1. The average Bonchev–Trinajstić information content (AvgIpc) is 3.22. The Morgan fingerprint density at radius 1 is 1.57 bits per heavy atom. The maximum Gasteiger partial charge on any atom is 0.350 e. The van der Waals surface area contributed by atoms with Crippen molar-refractivity contribution in [2.75, 3.05) is 13.7 Å². The number of hydrogen-bond acceptors (Lipinski definition) is 7. The Balaban J connectivity index is 2.40. The highest BCUT2D eigenvalue weighted by atomic mass is 32.1. The van der Waals surface area contributed by atoms with Crippen LogP contribution in [0, 0.1) is 0 Å². The molecule has 0 bridgehead atoms. The third kappa shape index (κ3) is 2.84. The largest absolute Gasteiger partial charge is 0.466 e. The zero-order valence-electron chi connectivity index (χ0n) is 11.9. The summed E-state index contributed by atoms with van der Waals surface area (Å²) >= 11 is 1.10. The molecule has 1 fully saturated rings. The Morgan fingerprint density at radius 3 is 2.76 bits per heavy atom. The second kappa shape index (κ2) is 5.95. The fraction of sp³-hybridized carbons (Fsp3) is 0.500. The quantitative estimate of drug-likeness (QED) is 0.633. The second-order valence-corrected chi connectivity index (χ2v) is 5.61. The summed E-state index contributed by atoms with van der Waals surface area (Å²) in [6.45, 7) is 5.16. The van der Waals surface area contributed by atoms with E-state index in [0.29, 0.717) is 5.92 Å². The summed E-state index contributed by atoms with van der Waals surface area (Å²) in [5, 5.41) is 12.6. The monoisotopic (exact) mass is 311 g/mol. The van der Waals surface area contributed by atoms with Crippen molar-refractivity contribution in [2.24, 2.45) is 0 Å². The van der Waals surface area contributed by atoms with Gasteiger partial charge in [-0.15, -0.1) is 11.3 Å². The molecule has 7 heteroatoms. The zero-order chi connectivity index (χ0) is 15.6. The molecule has 0 spiro atoms. The third-order valence-corrected chi connectivity index (χ3v) is 4.24. The first kappa shape index (κ1) is 15.7. The van der Waals surface area contributed by atoms with Crippen LogP contribution >= 0.6 is 11.3 Å². The van der Waals surface area contributed by atoms with E-state index in [4.69, 9.17) is 4.74 Å². The molecule has 1 saturated carbocycles. The topological polar surface area (TPSA) is 85.7 Å². The predicted molar refractivity (Wildman–Crippen MR) is 75.8 cm³/mol. The van der Waals surface area contributed by atoms with E-state index in [9.17, 15) is 14.7 Å². The Morgan fingerprint density at radius 2 is 2.24 bits per heavy atom. The van der Waals surface area contributed by atoms with Gasteiger partial charge >= 0.3 is 11.9 Å². The molecule has 1 aromatic rings. The molecule has 1 aliphatic rings. The van der Waals surface area contributed by atoms with Crippen molar-refractivity contribution in [3.8, 4) is 0 Å². The summed E-state index contributed by atoms with van der Waals surface area (Å²) < 4.78 is 9.42. The Bertz CT molecular complexity index is 578. The number of ether oxygens (including phenoxy) is 2. The number of aromatic nitrogens is 1. The normalized spacial score (nSPS) is 16.9. The molecular formula is C14H17NO5S. The molecule has 1 N–H and O–H groups in total. The van der Waals surface area contributed by atoms with Gasteiger partial charge in [0.25, 0.3) is 0 Å². The molecule has 2 rings (SSSR count). The van der Waals surface area contributed by atoms with Gasteiger partial charge in [-0.25, -0.2) is 14.6 Å². The second-order valence-electron chi connectivity index (χ2n) is 4.75. The number of nitrogens with zero attached hydrogens (tertiary/aromatic N) is 1. The van der Waals surface area contributed by atoms with E-state index in [0.717, 1.165) is 37.0 Å². The maximum absolute atomic E-state index is 12.1. The minimum absolute atomic E-state index is 0.0659. The highest BCUT2D eigenvalue weighted by Gasteiger charge is 2.49. The van der Waals surface area contributed by atoms with Crippen molar-refractivity contribution in [1.82, 2.24) is 4.98 Å². The molecule has 1 atom stereocenters. The first-order chi connectivity index (χ1) is 9.94. The lowest BCUT2D eigenvalue weighted by molar-refractivity contribution is -0.165. The molecule has 6 nitrogen and oxygen atoms in total. The van der Waals surface area contributed by atoms with Crippen LogP contribution in [-0.2, 0) is 24.7 Å². The van der Waals surface area contributed by atoms with Gasteiger partial charge in [0, 0.05) is 11.3 Å². The highest BCUT2D eigenvalue weighted by Crippen LogP contribution is 2.42. The van der Waals surface area contributed by atoms with Gasteiger partial charge in [-0.1, -0.05) is 6.58 Å². The van der Waals surface area contributed by atoms with Gasteiger partial charge in [0.1, 0.15) is 5.01 Å². The number of rotatable bonds is 6. The molecule has 0 radical (unpaired) electrons. The first-order valence-electron chi connectivity index (χ1n) is 6.58. The molecule has 21 heavy (non-hydrogen) atoms. The molecule has 0 amide bonds. The van der Waals surface area contributed by atoms with Crippen LogP contribution in [0.3, 0.4) is 0 Å². The Kier molecular flexibility index (Phi) is 4.43. The van der Waals surface area contributed by atoms with E-state index in [1.807, 2.05) is 0 Å². The molecule has 1 aliphatic carbocycles. The van der Waals surface area contributed by atoms with Gasteiger partial charge < -0.3 is 14.6 Å². The maximum atomic E-state index is 12.1. The zero-order valence-corrected chi connectivity index (χ0v) is 12.7. The summed E-state index contributed by atoms with van der Waals surface area (Å²) in [5.74, 6) is -1.49. The van der Waals surface area contributed by atoms with Crippen molar-refractivity contribution >= 4 is 23.3 Å². The lowest BCUT2D eigenvalue weighted by atomic mass is 9.95. The standard InChI is InChI=1S/C14H17NO5S/c1-4-20-13(17)14(18,8(2)11(16)19-3)12-15-10(7-21-12)9-5-6-9/h7,9,18H,2,4-6H2,1,3H3. The Hall–Kier alpha value is -1.73. The smallest absolute Gasteiger partial charge is 0.350 e. The molecule has 114 valence electrons.